The highest BCUT2D eigenvalue weighted by molar-refractivity contribution is 7.14. The molecule has 0 aliphatic rings. The van der Waals surface area contributed by atoms with Crippen LogP contribution in [0.4, 0.5) is 0 Å². The van der Waals surface area contributed by atoms with Crippen molar-refractivity contribution in [2.24, 2.45) is 0 Å². The molecule has 0 spiro atoms. The molecule has 5 heteroatoms. The van der Waals surface area contributed by atoms with E-state index in [1.807, 2.05) is 26.0 Å². The number of thiophene rings is 1. The number of carbonyl (C=O) groups excluding carboxylic acids is 1. The lowest BCUT2D eigenvalue weighted by Gasteiger charge is -2.15. The normalized spacial score (nSPS) is 12.1. The van der Waals surface area contributed by atoms with Gasteiger partial charge in [0, 0.05) is 11.3 Å². The maximum atomic E-state index is 13.0. The van der Waals surface area contributed by atoms with Gasteiger partial charge in [0.2, 0.25) is 0 Å². The summed E-state index contributed by atoms with van der Waals surface area (Å²) < 4.78 is 5.67. The van der Waals surface area contributed by atoms with Gasteiger partial charge in [-0.05, 0) is 67.5 Å². The van der Waals surface area contributed by atoms with Gasteiger partial charge in [0.25, 0.3) is 0 Å². The lowest BCUT2D eigenvalue weighted by atomic mass is 10.00. The summed E-state index contributed by atoms with van der Waals surface area (Å²) in [5.74, 6) is 0.894. The Balaban J connectivity index is 1.70. The number of carbonyl (C=O) groups is 1. The van der Waals surface area contributed by atoms with E-state index in [0.717, 1.165) is 39.3 Å². The highest BCUT2D eigenvalue weighted by Crippen LogP contribution is 2.33. The second-order valence-electron chi connectivity index (χ2n) is 8.30. The molecule has 0 fully saturated rings. The van der Waals surface area contributed by atoms with Crippen LogP contribution in [0.3, 0.4) is 0 Å². The number of hydrogen-bond acceptors (Lipinski definition) is 5. The average molecular weight is 453 g/mol. The fourth-order valence-electron chi connectivity index (χ4n) is 3.83. The van der Waals surface area contributed by atoms with Gasteiger partial charge in [-0.3, -0.25) is 4.79 Å². The van der Waals surface area contributed by atoms with Gasteiger partial charge >= 0.3 is 0 Å². The minimum Gasteiger partial charge on any atom is -0.490 e. The Morgan fingerprint density at radius 1 is 1.06 bits per heavy atom. The smallest absolute Gasteiger partial charge is 0.173 e. The third-order valence-corrected chi connectivity index (χ3v) is 6.88. The Labute approximate surface area is 194 Å². The van der Waals surface area contributed by atoms with Gasteiger partial charge in [0.15, 0.2) is 5.78 Å². The highest BCUT2D eigenvalue weighted by atomic mass is 32.1. The quantitative estimate of drug-likeness (QED) is 0.402. The molecule has 1 aromatic heterocycles. The van der Waals surface area contributed by atoms with Crippen molar-refractivity contribution in [1.82, 2.24) is 0 Å². The number of ether oxygens (including phenoxy) is 1. The van der Waals surface area contributed by atoms with Crippen molar-refractivity contribution in [1.29, 1.82) is 0 Å². The van der Waals surface area contributed by atoms with E-state index in [0.29, 0.717) is 12.8 Å². The van der Waals surface area contributed by atoms with Crippen LogP contribution in [0.15, 0.2) is 42.5 Å². The molecule has 0 bridgehead atoms. The number of aliphatic hydroxyl groups is 2. The molecule has 32 heavy (non-hydrogen) atoms. The molecule has 3 rings (SSSR count). The Kier molecular flexibility index (Phi) is 8.24. The fraction of sp³-hybridized carbons (Fsp3) is 0.370. The summed E-state index contributed by atoms with van der Waals surface area (Å²) in [6.45, 7) is 7.85. The fourth-order valence-corrected chi connectivity index (χ4v) is 4.92. The predicted octanol–water partition coefficient (Wildman–Crippen LogP) is 5.45. The van der Waals surface area contributed by atoms with Gasteiger partial charge in [0.05, 0.1) is 11.5 Å². The molecule has 1 atom stereocenters. The summed E-state index contributed by atoms with van der Waals surface area (Å²) in [4.78, 5) is 15.0. The molecule has 2 N–H and O–H groups in total. The minimum atomic E-state index is -0.894. The molecule has 0 saturated heterocycles. The van der Waals surface area contributed by atoms with Crippen molar-refractivity contribution in [2.75, 3.05) is 13.2 Å². The molecule has 0 radical (unpaired) electrons. The van der Waals surface area contributed by atoms with Crippen LogP contribution in [0.5, 0.6) is 5.75 Å². The molecule has 2 aromatic carbocycles. The maximum absolute atomic E-state index is 13.0. The molecule has 0 amide bonds. The van der Waals surface area contributed by atoms with E-state index in [2.05, 4.69) is 44.2 Å². The molecule has 4 nitrogen and oxygen atoms in total. The monoisotopic (exact) mass is 452 g/mol. The van der Waals surface area contributed by atoms with Crippen LogP contribution in [0.1, 0.15) is 50.1 Å². The van der Waals surface area contributed by atoms with Crippen molar-refractivity contribution in [3.05, 3.63) is 74.5 Å². The van der Waals surface area contributed by atoms with Crippen molar-refractivity contribution in [2.45, 2.75) is 53.1 Å². The number of hydrogen-bond donors (Lipinski definition) is 2. The van der Waals surface area contributed by atoms with Crippen LogP contribution < -0.4 is 4.74 Å². The number of Topliss-reactive ketones (excluding diaryl/α,β-unsaturated/α-hetero) is 1. The van der Waals surface area contributed by atoms with Gasteiger partial charge in [-0.2, -0.15) is 0 Å². The molecule has 0 aliphatic heterocycles. The summed E-state index contributed by atoms with van der Waals surface area (Å²) in [7, 11) is 0. The zero-order valence-corrected chi connectivity index (χ0v) is 20.1. The average Bonchev–Trinajstić information content (AvgIpc) is 3.21. The molecule has 0 saturated carbocycles. The van der Waals surface area contributed by atoms with E-state index in [-0.39, 0.29) is 19.0 Å². The molecule has 3 aromatic rings. The zero-order valence-electron chi connectivity index (χ0n) is 19.3. The number of aryl methyl sites for hydroxylation is 5. The molecular formula is C27H32O4S. The van der Waals surface area contributed by atoms with Crippen molar-refractivity contribution in [3.8, 4) is 16.9 Å². The SMILES string of the molecule is CCc1sc(C(=O)CCc2cc(C)c(OC[C@@H](O)CO)c(C)c2)cc1-c1ccc(C)cc1. The van der Waals surface area contributed by atoms with Gasteiger partial charge in [-0.25, -0.2) is 0 Å². The third-order valence-electron chi connectivity index (χ3n) is 5.56. The first-order valence-electron chi connectivity index (χ1n) is 11.1. The lowest BCUT2D eigenvalue weighted by molar-refractivity contribution is 0.0531. The lowest BCUT2D eigenvalue weighted by Crippen LogP contribution is -2.21. The zero-order chi connectivity index (χ0) is 23.3. The third kappa shape index (κ3) is 5.85. The van der Waals surface area contributed by atoms with Crippen molar-refractivity contribution >= 4 is 17.1 Å². The molecule has 0 unspecified atom stereocenters. The predicted molar refractivity (Wildman–Crippen MR) is 131 cm³/mol. The van der Waals surface area contributed by atoms with Gasteiger partial charge in [-0.15, -0.1) is 11.3 Å². The summed E-state index contributed by atoms with van der Waals surface area (Å²) in [6.07, 6.45) is 1.14. The van der Waals surface area contributed by atoms with E-state index < -0.39 is 6.10 Å². The van der Waals surface area contributed by atoms with Crippen LogP contribution in [0.25, 0.3) is 11.1 Å². The van der Waals surface area contributed by atoms with Crippen LogP contribution >= 0.6 is 11.3 Å². The first kappa shape index (κ1) is 24.2. The highest BCUT2D eigenvalue weighted by Gasteiger charge is 2.16. The summed E-state index contributed by atoms with van der Waals surface area (Å²) in [5.41, 5.74) is 6.57. The van der Waals surface area contributed by atoms with E-state index in [1.54, 1.807) is 11.3 Å². The van der Waals surface area contributed by atoms with Gasteiger partial charge < -0.3 is 14.9 Å². The minimum absolute atomic E-state index is 0.0530. The van der Waals surface area contributed by atoms with Crippen LogP contribution in [-0.2, 0) is 12.8 Å². The van der Waals surface area contributed by atoms with E-state index >= 15 is 0 Å². The molecule has 170 valence electrons. The molecule has 1 heterocycles. The Bertz CT molecular complexity index is 1040. The van der Waals surface area contributed by atoms with Crippen molar-refractivity contribution in [3.63, 3.8) is 0 Å². The maximum Gasteiger partial charge on any atom is 0.173 e. The summed E-state index contributed by atoms with van der Waals surface area (Å²) in [5, 5.41) is 18.5. The molecule has 0 aliphatic carbocycles. The van der Waals surface area contributed by atoms with Gasteiger partial charge in [0.1, 0.15) is 18.5 Å². The van der Waals surface area contributed by atoms with E-state index in [4.69, 9.17) is 9.84 Å². The number of rotatable bonds is 10. The summed E-state index contributed by atoms with van der Waals surface area (Å²) in [6, 6.07) is 14.6. The van der Waals surface area contributed by atoms with Crippen molar-refractivity contribution < 1.29 is 19.7 Å². The van der Waals surface area contributed by atoms with Crippen LogP contribution in [0, 0.1) is 20.8 Å². The van der Waals surface area contributed by atoms with E-state index in [9.17, 15) is 9.90 Å². The standard InChI is InChI=1S/C27H32O4S/c1-5-25-23(21-9-6-17(2)7-10-21)14-26(32-25)24(30)11-8-20-12-18(3)27(19(4)13-20)31-16-22(29)15-28/h6-7,9-10,12-14,22,28-29H,5,8,11,15-16H2,1-4H3/t22-/m0/s1. The van der Waals surface area contributed by atoms with Crippen LogP contribution in [0.2, 0.25) is 0 Å². The second-order valence-corrected chi connectivity index (χ2v) is 9.43. The second kappa shape index (κ2) is 10.9. The summed E-state index contributed by atoms with van der Waals surface area (Å²) >= 11 is 1.61. The number of ketones is 1. The Hall–Kier alpha value is -2.47. The number of aliphatic hydroxyl groups excluding tert-OH is 2. The topological polar surface area (TPSA) is 66.8 Å². The van der Waals surface area contributed by atoms with E-state index in [1.165, 1.54) is 16.0 Å². The molecular weight excluding hydrogens is 420 g/mol. The Morgan fingerprint density at radius 3 is 2.31 bits per heavy atom. The first-order chi connectivity index (χ1) is 15.3. The first-order valence-corrected chi connectivity index (χ1v) is 11.9. The number of benzene rings is 2. The van der Waals surface area contributed by atoms with Crippen LogP contribution in [-0.4, -0.2) is 35.3 Å². The Morgan fingerprint density at radius 2 is 1.72 bits per heavy atom. The largest absolute Gasteiger partial charge is 0.490 e. The van der Waals surface area contributed by atoms with Gasteiger partial charge in [-0.1, -0.05) is 48.9 Å².